The van der Waals surface area contributed by atoms with Crippen molar-refractivity contribution in [3.8, 4) is 6.07 Å². The maximum absolute atomic E-state index is 8.73. The van der Waals surface area contributed by atoms with E-state index in [-0.39, 0.29) is 0 Å². The molecule has 17 heavy (non-hydrogen) atoms. The van der Waals surface area contributed by atoms with E-state index < -0.39 is 0 Å². The Morgan fingerprint density at radius 2 is 2.24 bits per heavy atom. The molecule has 0 heterocycles. The molecule has 0 aliphatic carbocycles. The molecule has 1 aromatic carbocycles. The van der Waals surface area contributed by atoms with Crippen LogP contribution in [0, 0.1) is 11.3 Å². The number of anilines is 2. The van der Waals surface area contributed by atoms with Gasteiger partial charge in [0.05, 0.1) is 19.1 Å². The van der Waals surface area contributed by atoms with Gasteiger partial charge in [0.1, 0.15) is 0 Å². The number of nitriles is 1. The number of nitrogen functional groups attached to an aromatic ring is 1. The number of nitrogens with two attached hydrogens (primary N) is 1. The number of rotatable bonds is 6. The number of likely N-dealkylation sites (N-methyl/N-ethyl adjacent to an activating group) is 1. The highest BCUT2D eigenvalue weighted by molar-refractivity contribution is 5.59. The third kappa shape index (κ3) is 3.65. The zero-order valence-corrected chi connectivity index (χ0v) is 10.4. The Hall–Kier alpha value is -1.73. The number of ether oxygens (including phenoxy) is 1. The Kier molecular flexibility index (Phi) is 5.31. The highest BCUT2D eigenvalue weighted by Gasteiger charge is 2.06. The number of hydrogen-bond donors (Lipinski definition) is 1. The summed E-state index contributed by atoms with van der Waals surface area (Å²) < 4.78 is 5.08. The summed E-state index contributed by atoms with van der Waals surface area (Å²) in [5, 5.41) is 8.73. The third-order valence-corrected chi connectivity index (χ3v) is 2.71. The minimum absolute atomic E-state index is 0.349. The molecule has 0 aliphatic heterocycles. The Balaban J connectivity index is 2.88. The van der Waals surface area contributed by atoms with Crippen molar-refractivity contribution in [2.45, 2.75) is 13.3 Å². The molecule has 0 spiro atoms. The molecule has 0 amide bonds. The fraction of sp³-hybridized carbons (Fsp3) is 0.462. The van der Waals surface area contributed by atoms with Crippen LogP contribution < -0.4 is 10.6 Å². The monoisotopic (exact) mass is 233 g/mol. The maximum Gasteiger partial charge on any atom is 0.0670 e. The number of hydrogen-bond acceptors (Lipinski definition) is 4. The van der Waals surface area contributed by atoms with Gasteiger partial charge in [-0.1, -0.05) is 0 Å². The zero-order valence-electron chi connectivity index (χ0n) is 10.4. The van der Waals surface area contributed by atoms with Crippen molar-refractivity contribution < 1.29 is 4.74 Å². The van der Waals surface area contributed by atoms with Crippen LogP contribution in [0.5, 0.6) is 0 Å². The summed E-state index contributed by atoms with van der Waals surface area (Å²) in [5.74, 6) is 0. The van der Waals surface area contributed by atoms with Gasteiger partial charge in [-0.05, 0) is 30.7 Å². The van der Waals surface area contributed by atoms with Crippen molar-refractivity contribution in [3.05, 3.63) is 23.8 Å². The Labute approximate surface area is 103 Å². The molecular formula is C13H19N3O. The van der Waals surface area contributed by atoms with Crippen LogP contribution >= 0.6 is 0 Å². The summed E-state index contributed by atoms with van der Waals surface area (Å²) in [7, 11) is 1.69. The van der Waals surface area contributed by atoms with Crippen LogP contribution in [0.4, 0.5) is 11.4 Å². The molecule has 0 bridgehead atoms. The van der Waals surface area contributed by atoms with Crippen molar-refractivity contribution in [2.75, 3.05) is 37.4 Å². The summed E-state index contributed by atoms with van der Waals surface area (Å²) in [5.41, 5.74) is 8.48. The molecule has 4 nitrogen and oxygen atoms in total. The number of nitrogens with zero attached hydrogens (tertiary/aromatic N) is 2. The predicted molar refractivity (Wildman–Crippen MR) is 69.9 cm³/mol. The molecule has 1 aromatic rings. The van der Waals surface area contributed by atoms with E-state index in [1.54, 1.807) is 7.11 Å². The Morgan fingerprint density at radius 3 is 2.82 bits per heavy atom. The smallest absolute Gasteiger partial charge is 0.0670 e. The maximum atomic E-state index is 8.73. The van der Waals surface area contributed by atoms with Crippen molar-refractivity contribution in [2.24, 2.45) is 0 Å². The number of methoxy groups -OCH3 is 1. The molecule has 4 heteroatoms. The summed E-state index contributed by atoms with van der Waals surface area (Å²) >= 11 is 0. The van der Waals surface area contributed by atoms with Crippen molar-refractivity contribution in [3.63, 3.8) is 0 Å². The second-order valence-electron chi connectivity index (χ2n) is 3.79. The van der Waals surface area contributed by atoms with Gasteiger partial charge in [-0.3, -0.25) is 0 Å². The zero-order chi connectivity index (χ0) is 12.7. The summed E-state index contributed by atoms with van der Waals surface area (Å²) in [6, 6.07) is 7.95. The normalized spacial score (nSPS) is 9.94. The molecule has 0 unspecified atom stereocenters. The molecule has 2 N–H and O–H groups in total. The lowest BCUT2D eigenvalue weighted by Crippen LogP contribution is -2.26. The largest absolute Gasteiger partial charge is 0.398 e. The van der Waals surface area contributed by atoms with Gasteiger partial charge in [0.15, 0.2) is 0 Å². The second-order valence-corrected chi connectivity index (χ2v) is 3.79. The standard InChI is InChI=1S/C13H19N3O/c1-3-16(8-9-17-2)12-4-5-13(15)11(10-12)6-7-14/h4-5,10H,3,6,8-9,15H2,1-2H3. The van der Waals surface area contributed by atoms with E-state index in [9.17, 15) is 0 Å². The summed E-state index contributed by atoms with van der Waals surface area (Å²) in [6.07, 6.45) is 0.349. The fourth-order valence-corrected chi connectivity index (χ4v) is 1.70. The van der Waals surface area contributed by atoms with Gasteiger partial charge in [0.2, 0.25) is 0 Å². The summed E-state index contributed by atoms with van der Waals surface area (Å²) in [4.78, 5) is 2.20. The first kappa shape index (κ1) is 13.3. The Bertz CT molecular complexity index is 398. The van der Waals surface area contributed by atoms with Gasteiger partial charge in [-0.25, -0.2) is 0 Å². The SMILES string of the molecule is CCN(CCOC)c1ccc(N)c(CC#N)c1. The lowest BCUT2D eigenvalue weighted by molar-refractivity contribution is 0.205. The van der Waals surface area contributed by atoms with Gasteiger partial charge in [-0.15, -0.1) is 0 Å². The topological polar surface area (TPSA) is 62.3 Å². The van der Waals surface area contributed by atoms with E-state index in [0.717, 1.165) is 24.3 Å². The second kappa shape index (κ2) is 6.77. The minimum Gasteiger partial charge on any atom is -0.398 e. The molecule has 0 saturated heterocycles. The van der Waals surface area contributed by atoms with E-state index in [0.29, 0.717) is 18.7 Å². The molecular weight excluding hydrogens is 214 g/mol. The van der Waals surface area contributed by atoms with E-state index in [4.69, 9.17) is 15.7 Å². The average Bonchev–Trinajstić information content (AvgIpc) is 2.34. The quantitative estimate of drug-likeness (QED) is 0.761. The van der Waals surface area contributed by atoms with Crippen molar-refractivity contribution >= 4 is 11.4 Å². The van der Waals surface area contributed by atoms with Crippen molar-refractivity contribution in [1.29, 1.82) is 5.26 Å². The van der Waals surface area contributed by atoms with E-state index >= 15 is 0 Å². The van der Waals surface area contributed by atoms with E-state index in [2.05, 4.69) is 17.9 Å². The summed E-state index contributed by atoms with van der Waals surface area (Å²) in [6.45, 7) is 4.52. The highest BCUT2D eigenvalue weighted by Crippen LogP contribution is 2.21. The van der Waals surface area contributed by atoms with E-state index in [1.807, 2.05) is 18.2 Å². The van der Waals surface area contributed by atoms with E-state index in [1.165, 1.54) is 0 Å². The first-order chi connectivity index (χ1) is 8.22. The first-order valence-corrected chi connectivity index (χ1v) is 5.72. The van der Waals surface area contributed by atoms with Gasteiger partial charge in [0, 0.05) is 31.6 Å². The molecule has 92 valence electrons. The lowest BCUT2D eigenvalue weighted by atomic mass is 10.1. The Morgan fingerprint density at radius 1 is 1.47 bits per heavy atom. The van der Waals surface area contributed by atoms with Crippen LogP contribution in [0.2, 0.25) is 0 Å². The van der Waals surface area contributed by atoms with Crippen LogP contribution in [-0.4, -0.2) is 26.8 Å². The fourth-order valence-electron chi connectivity index (χ4n) is 1.70. The van der Waals surface area contributed by atoms with Crippen LogP contribution in [0.1, 0.15) is 12.5 Å². The molecule has 0 fully saturated rings. The lowest BCUT2D eigenvalue weighted by Gasteiger charge is -2.23. The first-order valence-electron chi connectivity index (χ1n) is 5.72. The highest BCUT2D eigenvalue weighted by atomic mass is 16.5. The molecule has 1 rings (SSSR count). The van der Waals surface area contributed by atoms with Crippen LogP contribution in [0.3, 0.4) is 0 Å². The molecule has 0 saturated carbocycles. The van der Waals surface area contributed by atoms with Gasteiger partial charge in [-0.2, -0.15) is 5.26 Å². The van der Waals surface area contributed by atoms with Crippen LogP contribution in [-0.2, 0) is 11.2 Å². The van der Waals surface area contributed by atoms with Crippen LogP contribution in [0.15, 0.2) is 18.2 Å². The molecule has 0 aliphatic rings. The average molecular weight is 233 g/mol. The minimum atomic E-state index is 0.349. The van der Waals surface area contributed by atoms with Gasteiger partial charge < -0.3 is 15.4 Å². The van der Waals surface area contributed by atoms with Crippen LogP contribution in [0.25, 0.3) is 0 Å². The molecule has 0 atom stereocenters. The van der Waals surface area contributed by atoms with Gasteiger partial charge in [0.25, 0.3) is 0 Å². The van der Waals surface area contributed by atoms with Gasteiger partial charge >= 0.3 is 0 Å². The molecule has 0 radical (unpaired) electrons. The third-order valence-electron chi connectivity index (χ3n) is 2.71. The van der Waals surface area contributed by atoms with Crippen molar-refractivity contribution in [1.82, 2.24) is 0 Å². The number of benzene rings is 1. The molecule has 0 aromatic heterocycles. The predicted octanol–water partition coefficient (Wildman–Crippen LogP) is 1.81.